The lowest BCUT2D eigenvalue weighted by molar-refractivity contribution is -0.136. The number of urea groups is 1. The quantitative estimate of drug-likeness (QED) is 0.854. The highest BCUT2D eigenvalue weighted by Gasteiger charge is 2.27. The number of amides is 3. The Kier molecular flexibility index (Phi) is 6.45. The second-order valence-corrected chi connectivity index (χ2v) is 6.89. The average Bonchev–Trinajstić information content (AvgIpc) is 2.86. The highest BCUT2D eigenvalue weighted by molar-refractivity contribution is 5.87. The zero-order valence-corrected chi connectivity index (χ0v) is 16.1. The second-order valence-electron chi connectivity index (χ2n) is 6.89. The van der Waals surface area contributed by atoms with Crippen LogP contribution in [0, 0.1) is 13.8 Å². The summed E-state index contributed by atoms with van der Waals surface area (Å²) in [6, 6.07) is -0.603. The first-order valence-corrected chi connectivity index (χ1v) is 9.22. The fraction of sp³-hybridized carbons (Fsp3) is 0.722. The monoisotopic (exact) mass is 349 g/mol. The van der Waals surface area contributed by atoms with Crippen LogP contribution in [0.2, 0.25) is 0 Å². The van der Waals surface area contributed by atoms with Crippen LogP contribution in [0.5, 0.6) is 0 Å². The summed E-state index contributed by atoms with van der Waals surface area (Å²) < 4.78 is 1.92. The van der Waals surface area contributed by atoms with E-state index in [1.54, 1.807) is 6.92 Å². The number of carbonyl (C=O) groups is 2. The Labute approximate surface area is 150 Å². The molecule has 1 saturated heterocycles. The van der Waals surface area contributed by atoms with Crippen LogP contribution in [0.15, 0.2) is 0 Å². The van der Waals surface area contributed by atoms with Gasteiger partial charge in [-0.3, -0.25) is 9.48 Å². The molecular formula is C18H31N5O2. The van der Waals surface area contributed by atoms with Gasteiger partial charge < -0.3 is 15.5 Å². The maximum atomic E-state index is 12.5. The van der Waals surface area contributed by atoms with E-state index in [0.29, 0.717) is 6.54 Å². The van der Waals surface area contributed by atoms with Crippen LogP contribution < -0.4 is 10.6 Å². The van der Waals surface area contributed by atoms with Gasteiger partial charge in [-0.15, -0.1) is 0 Å². The molecule has 1 aliphatic rings. The van der Waals surface area contributed by atoms with Crippen LogP contribution in [-0.2, 0) is 17.9 Å². The van der Waals surface area contributed by atoms with Crippen LogP contribution in [0.1, 0.15) is 57.0 Å². The maximum Gasteiger partial charge on any atom is 0.315 e. The number of carbonyl (C=O) groups excluding carboxylic acids is 2. The number of hydrogen-bond donors (Lipinski definition) is 2. The number of rotatable bonds is 5. The molecule has 0 aromatic carbocycles. The minimum atomic E-state index is -0.527. The van der Waals surface area contributed by atoms with Crippen molar-refractivity contribution < 1.29 is 9.59 Å². The van der Waals surface area contributed by atoms with Gasteiger partial charge in [0.2, 0.25) is 5.91 Å². The molecule has 25 heavy (non-hydrogen) atoms. The summed E-state index contributed by atoms with van der Waals surface area (Å²) in [5.74, 6) is -0.00601. The van der Waals surface area contributed by atoms with E-state index in [4.69, 9.17) is 0 Å². The van der Waals surface area contributed by atoms with E-state index in [-0.39, 0.29) is 18.0 Å². The van der Waals surface area contributed by atoms with Gasteiger partial charge in [0.1, 0.15) is 6.04 Å². The third kappa shape index (κ3) is 4.52. The largest absolute Gasteiger partial charge is 0.338 e. The van der Waals surface area contributed by atoms with Gasteiger partial charge >= 0.3 is 6.03 Å². The SMILES string of the molecule is CCn1nc(C)c(CNC(=O)N[C@@H](C)C(=O)N2CCCC[C@H]2C)c1C. The van der Waals surface area contributed by atoms with Gasteiger partial charge in [0.05, 0.1) is 5.69 Å². The van der Waals surface area contributed by atoms with Gasteiger partial charge in [-0.2, -0.15) is 5.10 Å². The first-order chi connectivity index (χ1) is 11.8. The summed E-state index contributed by atoms with van der Waals surface area (Å²) in [4.78, 5) is 26.6. The normalized spacial score (nSPS) is 18.8. The van der Waals surface area contributed by atoms with Crippen molar-refractivity contribution in [3.05, 3.63) is 17.0 Å². The summed E-state index contributed by atoms with van der Waals surface area (Å²) >= 11 is 0. The van der Waals surface area contributed by atoms with E-state index in [1.165, 1.54) is 0 Å². The zero-order valence-electron chi connectivity index (χ0n) is 16.1. The second kappa shape index (κ2) is 8.36. The van der Waals surface area contributed by atoms with Crippen molar-refractivity contribution in [2.24, 2.45) is 0 Å². The summed E-state index contributed by atoms with van der Waals surface area (Å²) in [6.07, 6.45) is 3.23. The Hall–Kier alpha value is -2.05. The molecule has 140 valence electrons. The lowest BCUT2D eigenvalue weighted by Crippen LogP contribution is -2.53. The molecule has 1 aromatic heterocycles. The molecule has 7 heteroatoms. The van der Waals surface area contributed by atoms with Crippen LogP contribution in [-0.4, -0.2) is 45.2 Å². The number of likely N-dealkylation sites (tertiary alicyclic amines) is 1. The standard InChI is InChI=1S/C18H31N5O2/c1-6-23-15(5)16(13(3)21-23)11-19-18(25)20-14(4)17(24)22-10-8-7-9-12(22)2/h12,14H,6-11H2,1-5H3,(H2,19,20,25)/t12-,14+/m1/s1. The Morgan fingerprint density at radius 2 is 2.04 bits per heavy atom. The zero-order chi connectivity index (χ0) is 18.6. The number of piperidine rings is 1. The molecule has 1 fully saturated rings. The highest BCUT2D eigenvalue weighted by Crippen LogP contribution is 2.17. The Bertz CT molecular complexity index is 625. The third-order valence-electron chi connectivity index (χ3n) is 5.06. The van der Waals surface area contributed by atoms with E-state index in [1.807, 2.05) is 30.4 Å². The number of hydrogen-bond acceptors (Lipinski definition) is 3. The minimum absolute atomic E-state index is 0.00601. The lowest BCUT2D eigenvalue weighted by atomic mass is 10.0. The molecule has 0 unspecified atom stereocenters. The predicted octanol–water partition coefficient (Wildman–Crippen LogP) is 2.11. The van der Waals surface area contributed by atoms with E-state index in [9.17, 15) is 9.59 Å². The molecule has 0 radical (unpaired) electrons. The number of aromatic nitrogens is 2. The van der Waals surface area contributed by atoms with Crippen LogP contribution in [0.25, 0.3) is 0 Å². The molecule has 1 aliphatic heterocycles. The van der Waals surface area contributed by atoms with Crippen molar-refractivity contribution in [3.8, 4) is 0 Å². The van der Waals surface area contributed by atoms with Crippen LogP contribution in [0.4, 0.5) is 4.79 Å². The average molecular weight is 349 g/mol. The summed E-state index contributed by atoms with van der Waals surface area (Å²) in [6.45, 7) is 11.8. The highest BCUT2D eigenvalue weighted by atomic mass is 16.2. The molecule has 0 aliphatic carbocycles. The van der Waals surface area contributed by atoms with Gasteiger partial charge in [-0.05, 0) is 53.9 Å². The first kappa shape index (κ1) is 19.3. The van der Waals surface area contributed by atoms with Crippen LogP contribution >= 0.6 is 0 Å². The predicted molar refractivity (Wildman–Crippen MR) is 97.2 cm³/mol. The van der Waals surface area contributed by atoms with Crippen molar-refractivity contribution >= 4 is 11.9 Å². The van der Waals surface area contributed by atoms with E-state index >= 15 is 0 Å². The van der Waals surface area contributed by atoms with Crippen LogP contribution in [0.3, 0.4) is 0 Å². The number of nitrogens with zero attached hydrogens (tertiary/aromatic N) is 3. The Morgan fingerprint density at radius 1 is 1.32 bits per heavy atom. The molecule has 3 amide bonds. The lowest BCUT2D eigenvalue weighted by Gasteiger charge is -2.35. The Morgan fingerprint density at radius 3 is 2.64 bits per heavy atom. The molecule has 0 bridgehead atoms. The summed E-state index contributed by atoms with van der Waals surface area (Å²) in [5.41, 5.74) is 3.01. The van der Waals surface area contributed by atoms with Gasteiger partial charge in [-0.1, -0.05) is 0 Å². The number of nitrogens with one attached hydrogen (secondary N) is 2. The smallest absolute Gasteiger partial charge is 0.315 e. The maximum absolute atomic E-state index is 12.5. The molecule has 2 atom stereocenters. The molecule has 2 N–H and O–H groups in total. The third-order valence-corrected chi connectivity index (χ3v) is 5.06. The van der Waals surface area contributed by atoms with Gasteiger partial charge in [0.15, 0.2) is 0 Å². The molecule has 1 aromatic rings. The molecule has 2 rings (SSSR count). The Balaban J connectivity index is 1.87. The van der Waals surface area contributed by atoms with Crippen molar-refractivity contribution in [2.45, 2.75) is 79.1 Å². The first-order valence-electron chi connectivity index (χ1n) is 9.22. The minimum Gasteiger partial charge on any atom is -0.338 e. The topological polar surface area (TPSA) is 79.3 Å². The van der Waals surface area contributed by atoms with E-state index < -0.39 is 6.04 Å². The van der Waals surface area contributed by atoms with E-state index in [2.05, 4.69) is 22.7 Å². The molecule has 0 saturated carbocycles. The van der Waals surface area contributed by atoms with Crippen molar-refractivity contribution in [1.82, 2.24) is 25.3 Å². The summed E-state index contributed by atoms with van der Waals surface area (Å²) in [7, 11) is 0. The van der Waals surface area contributed by atoms with Crippen molar-refractivity contribution in [2.75, 3.05) is 6.54 Å². The summed E-state index contributed by atoms with van der Waals surface area (Å²) in [5, 5.41) is 10.1. The van der Waals surface area contributed by atoms with Crippen molar-refractivity contribution in [3.63, 3.8) is 0 Å². The fourth-order valence-electron chi connectivity index (χ4n) is 3.45. The molecule has 7 nitrogen and oxygen atoms in total. The molecule has 0 spiro atoms. The van der Waals surface area contributed by atoms with Gasteiger partial charge in [-0.25, -0.2) is 4.79 Å². The van der Waals surface area contributed by atoms with Gasteiger partial charge in [0, 0.05) is 36.9 Å². The fourth-order valence-corrected chi connectivity index (χ4v) is 3.45. The molecular weight excluding hydrogens is 318 g/mol. The van der Waals surface area contributed by atoms with Crippen molar-refractivity contribution in [1.29, 1.82) is 0 Å². The van der Waals surface area contributed by atoms with Gasteiger partial charge in [0.25, 0.3) is 0 Å². The molecule has 2 heterocycles. The van der Waals surface area contributed by atoms with E-state index in [0.717, 1.165) is 49.3 Å². The number of aryl methyl sites for hydroxylation is 2.